The second-order valence-electron chi connectivity index (χ2n) is 6.03. The molecule has 0 aliphatic heterocycles. The zero-order valence-electron chi connectivity index (χ0n) is 16.0. The van der Waals surface area contributed by atoms with Gasteiger partial charge in [0.15, 0.2) is 5.96 Å². The molecule has 2 rings (SSSR count). The van der Waals surface area contributed by atoms with Crippen LogP contribution in [0.1, 0.15) is 17.5 Å². The van der Waals surface area contributed by atoms with Gasteiger partial charge in [-0.3, -0.25) is 9.79 Å². The van der Waals surface area contributed by atoms with E-state index in [0.717, 1.165) is 5.56 Å². The molecule has 0 fully saturated rings. The van der Waals surface area contributed by atoms with Crippen molar-refractivity contribution in [3.05, 3.63) is 53.7 Å². The molecule has 1 heterocycles. The van der Waals surface area contributed by atoms with Gasteiger partial charge in [0.05, 0.1) is 0 Å². The smallest absolute Gasteiger partial charge is 0.405 e. The zero-order valence-corrected chi connectivity index (χ0v) is 16.0. The third-order valence-electron chi connectivity index (χ3n) is 3.69. The number of ether oxygens (including phenoxy) is 1. The van der Waals surface area contributed by atoms with Crippen molar-refractivity contribution < 1.29 is 22.7 Å². The number of nitrogens with zero attached hydrogens (tertiary/aromatic N) is 2. The summed E-state index contributed by atoms with van der Waals surface area (Å²) in [7, 11) is 1.52. The van der Waals surface area contributed by atoms with E-state index in [1.807, 2.05) is 13.0 Å². The molecule has 29 heavy (non-hydrogen) atoms. The van der Waals surface area contributed by atoms with Crippen molar-refractivity contribution in [2.45, 2.75) is 26.3 Å². The molecule has 156 valence electrons. The second-order valence-corrected chi connectivity index (χ2v) is 6.03. The molecule has 0 saturated heterocycles. The highest BCUT2D eigenvalue weighted by Gasteiger charge is 2.31. The minimum atomic E-state index is -4.77. The van der Waals surface area contributed by atoms with Crippen molar-refractivity contribution in [2.75, 3.05) is 18.9 Å². The van der Waals surface area contributed by atoms with E-state index in [2.05, 4.69) is 30.7 Å². The molecule has 1 aromatic carbocycles. The average molecular weight is 409 g/mol. The Balaban J connectivity index is 1.80. The van der Waals surface area contributed by atoms with Crippen molar-refractivity contribution in [3.8, 4) is 5.75 Å². The number of aryl methyl sites for hydroxylation is 1. The van der Waals surface area contributed by atoms with Crippen molar-refractivity contribution in [1.82, 2.24) is 15.6 Å². The number of halogens is 3. The van der Waals surface area contributed by atoms with Crippen LogP contribution in [0.2, 0.25) is 0 Å². The lowest BCUT2D eigenvalue weighted by Gasteiger charge is -2.15. The minimum absolute atomic E-state index is 0.0609. The van der Waals surface area contributed by atoms with Gasteiger partial charge in [-0.15, -0.1) is 13.2 Å². The van der Waals surface area contributed by atoms with Gasteiger partial charge in [-0.25, -0.2) is 4.98 Å². The first-order valence-electron chi connectivity index (χ1n) is 8.77. The van der Waals surface area contributed by atoms with Crippen LogP contribution < -0.4 is 20.7 Å². The predicted octanol–water partition coefficient (Wildman–Crippen LogP) is 2.98. The van der Waals surface area contributed by atoms with Crippen molar-refractivity contribution >= 4 is 17.7 Å². The van der Waals surface area contributed by atoms with Crippen LogP contribution in [0.15, 0.2) is 47.6 Å². The van der Waals surface area contributed by atoms with E-state index in [1.165, 1.54) is 25.2 Å². The van der Waals surface area contributed by atoms with Gasteiger partial charge in [0, 0.05) is 38.3 Å². The molecule has 0 saturated carbocycles. The lowest BCUT2D eigenvalue weighted by molar-refractivity contribution is -0.274. The van der Waals surface area contributed by atoms with E-state index in [1.54, 1.807) is 18.3 Å². The normalized spacial score (nSPS) is 11.7. The molecular formula is C19H22F3N5O2. The minimum Gasteiger partial charge on any atom is -0.405 e. The van der Waals surface area contributed by atoms with E-state index < -0.39 is 6.36 Å². The van der Waals surface area contributed by atoms with Crippen LogP contribution in [-0.2, 0) is 11.3 Å². The monoisotopic (exact) mass is 409 g/mol. The molecule has 0 radical (unpaired) electrons. The highest BCUT2D eigenvalue weighted by Crippen LogP contribution is 2.26. The summed E-state index contributed by atoms with van der Waals surface area (Å²) >= 11 is 0. The first-order valence-corrected chi connectivity index (χ1v) is 8.77. The summed E-state index contributed by atoms with van der Waals surface area (Å²) in [6.45, 7) is 2.23. The number of alkyl halides is 3. The number of rotatable bonds is 7. The molecule has 0 spiro atoms. The van der Waals surface area contributed by atoms with Gasteiger partial charge >= 0.3 is 6.36 Å². The Morgan fingerprint density at radius 2 is 1.93 bits per heavy atom. The Morgan fingerprint density at radius 3 is 2.59 bits per heavy atom. The summed E-state index contributed by atoms with van der Waals surface area (Å²) in [6.07, 6.45) is -2.96. The molecule has 10 heteroatoms. The fraction of sp³-hybridized carbons (Fsp3) is 0.316. The van der Waals surface area contributed by atoms with Crippen LogP contribution in [-0.4, -0.2) is 36.8 Å². The molecule has 1 amide bonds. The molecule has 0 aliphatic rings. The topological polar surface area (TPSA) is 87.6 Å². The number of anilines is 1. The molecule has 0 bridgehead atoms. The third-order valence-corrected chi connectivity index (χ3v) is 3.69. The number of para-hydroxylation sites is 1. The van der Waals surface area contributed by atoms with E-state index in [-0.39, 0.29) is 31.2 Å². The Labute approximate surface area is 166 Å². The molecule has 1 aromatic heterocycles. The molecule has 0 unspecified atom stereocenters. The standard InChI is InChI=1S/C19H22F3N5O2/c1-13-7-8-16(25-11-13)27-17(28)9-10-24-18(23-2)26-12-14-5-3-4-6-15(14)29-19(20,21)22/h3-8,11H,9-10,12H2,1-2H3,(H2,23,24,26)(H,25,27,28). The van der Waals surface area contributed by atoms with E-state index in [9.17, 15) is 18.0 Å². The number of carbonyl (C=O) groups is 1. The van der Waals surface area contributed by atoms with Gasteiger partial charge in [-0.2, -0.15) is 0 Å². The van der Waals surface area contributed by atoms with Crippen molar-refractivity contribution in [2.24, 2.45) is 4.99 Å². The fourth-order valence-corrected chi connectivity index (χ4v) is 2.32. The summed E-state index contributed by atoms with van der Waals surface area (Å²) in [5.74, 6) is 0.290. The number of aliphatic imine (C=N–C) groups is 1. The number of nitrogens with one attached hydrogen (secondary N) is 3. The molecule has 7 nitrogen and oxygen atoms in total. The summed E-state index contributed by atoms with van der Waals surface area (Å²) in [6, 6.07) is 9.38. The molecule has 3 N–H and O–H groups in total. The van der Waals surface area contributed by atoms with Gasteiger partial charge in [-0.05, 0) is 24.6 Å². The van der Waals surface area contributed by atoms with Crippen molar-refractivity contribution in [1.29, 1.82) is 0 Å². The highest BCUT2D eigenvalue weighted by atomic mass is 19.4. The Kier molecular flexibility index (Phi) is 7.81. The van der Waals surface area contributed by atoms with Gasteiger partial charge in [0.25, 0.3) is 0 Å². The third kappa shape index (κ3) is 8.08. The van der Waals surface area contributed by atoms with Gasteiger partial charge in [-0.1, -0.05) is 24.3 Å². The number of guanidine groups is 1. The fourth-order valence-electron chi connectivity index (χ4n) is 2.32. The summed E-state index contributed by atoms with van der Waals surface area (Å²) in [5.41, 5.74) is 1.30. The number of pyridine rings is 1. The molecular weight excluding hydrogens is 387 g/mol. The lowest BCUT2D eigenvalue weighted by atomic mass is 10.2. The first-order chi connectivity index (χ1) is 13.8. The summed E-state index contributed by atoms with van der Waals surface area (Å²) in [4.78, 5) is 20.0. The number of amides is 1. The SMILES string of the molecule is CN=C(NCCC(=O)Nc1ccc(C)cn1)NCc1ccccc1OC(F)(F)F. The predicted molar refractivity (Wildman–Crippen MR) is 104 cm³/mol. The van der Waals surface area contributed by atoms with E-state index in [4.69, 9.17) is 0 Å². The quantitative estimate of drug-likeness (QED) is 0.483. The lowest BCUT2D eigenvalue weighted by Crippen LogP contribution is -2.38. The van der Waals surface area contributed by atoms with Crippen LogP contribution >= 0.6 is 0 Å². The van der Waals surface area contributed by atoms with Crippen molar-refractivity contribution in [3.63, 3.8) is 0 Å². The number of aromatic nitrogens is 1. The highest BCUT2D eigenvalue weighted by molar-refractivity contribution is 5.90. The van der Waals surface area contributed by atoms with Gasteiger partial charge in [0.2, 0.25) is 5.91 Å². The van der Waals surface area contributed by atoms with E-state index in [0.29, 0.717) is 17.3 Å². The average Bonchev–Trinajstić information content (AvgIpc) is 2.66. The number of hydrogen-bond donors (Lipinski definition) is 3. The van der Waals surface area contributed by atoms with Gasteiger partial charge < -0.3 is 20.7 Å². The van der Waals surface area contributed by atoms with Gasteiger partial charge in [0.1, 0.15) is 11.6 Å². The summed E-state index contributed by atoms with van der Waals surface area (Å²) in [5, 5.41) is 8.49. The zero-order chi connectivity index (χ0) is 21.3. The second kappa shape index (κ2) is 10.3. The molecule has 0 aliphatic carbocycles. The largest absolute Gasteiger partial charge is 0.573 e. The molecule has 2 aromatic rings. The number of carbonyl (C=O) groups excluding carboxylic acids is 1. The van der Waals surface area contributed by atoms with Crippen LogP contribution in [0, 0.1) is 6.92 Å². The Morgan fingerprint density at radius 1 is 1.17 bits per heavy atom. The Hall–Kier alpha value is -3.30. The van der Waals surface area contributed by atoms with Crippen LogP contribution in [0.4, 0.5) is 19.0 Å². The maximum Gasteiger partial charge on any atom is 0.573 e. The summed E-state index contributed by atoms with van der Waals surface area (Å²) < 4.78 is 41.5. The van der Waals surface area contributed by atoms with E-state index >= 15 is 0 Å². The molecule has 0 atom stereocenters. The maximum absolute atomic E-state index is 12.5. The number of hydrogen-bond acceptors (Lipinski definition) is 4. The maximum atomic E-state index is 12.5. The Bertz CT molecular complexity index is 838. The van der Waals surface area contributed by atoms with Crippen LogP contribution in [0.5, 0.6) is 5.75 Å². The van der Waals surface area contributed by atoms with Crippen LogP contribution in [0.25, 0.3) is 0 Å². The number of benzene rings is 1. The van der Waals surface area contributed by atoms with Crippen LogP contribution in [0.3, 0.4) is 0 Å². The first kappa shape index (κ1) is 22.0.